The number of hydrogen-bond acceptors (Lipinski definition) is 1. The van der Waals surface area contributed by atoms with Gasteiger partial charge in [-0.2, -0.15) is 0 Å². The van der Waals surface area contributed by atoms with Crippen LogP contribution in [-0.4, -0.2) is 25.0 Å². The van der Waals surface area contributed by atoms with E-state index < -0.39 is 0 Å². The fraction of sp³-hybridized carbons (Fsp3) is 0.818. The van der Waals surface area contributed by atoms with Crippen LogP contribution in [0.4, 0.5) is 0 Å². The zero-order valence-electron chi connectivity index (χ0n) is 8.05. The van der Waals surface area contributed by atoms with Crippen LogP contribution in [0.25, 0.3) is 0 Å². The molecule has 68 valence electrons. The molecule has 1 aliphatic rings. The van der Waals surface area contributed by atoms with Crippen LogP contribution in [0, 0.1) is 18.3 Å². The van der Waals surface area contributed by atoms with Gasteiger partial charge in [0.15, 0.2) is 0 Å². The summed E-state index contributed by atoms with van der Waals surface area (Å²) < 4.78 is 0. The summed E-state index contributed by atoms with van der Waals surface area (Å²) in [5.41, 5.74) is 0. The maximum atomic E-state index is 5.21. The van der Waals surface area contributed by atoms with E-state index in [0.29, 0.717) is 0 Å². The molecule has 0 atom stereocenters. The summed E-state index contributed by atoms with van der Waals surface area (Å²) in [6, 6.07) is 0. The van der Waals surface area contributed by atoms with Gasteiger partial charge in [-0.05, 0) is 25.8 Å². The van der Waals surface area contributed by atoms with Gasteiger partial charge in [0.1, 0.15) is 0 Å². The van der Waals surface area contributed by atoms with Crippen molar-refractivity contribution in [2.75, 3.05) is 20.1 Å². The normalized spacial score (nSPS) is 18.4. The van der Waals surface area contributed by atoms with Crippen LogP contribution in [0.15, 0.2) is 0 Å². The third-order valence-electron chi connectivity index (χ3n) is 2.68. The van der Waals surface area contributed by atoms with Crippen molar-refractivity contribution in [3.63, 3.8) is 0 Å². The lowest BCUT2D eigenvalue weighted by Gasteiger charge is -2.19. The van der Waals surface area contributed by atoms with Crippen LogP contribution in [0.5, 0.6) is 0 Å². The highest BCUT2D eigenvalue weighted by Crippen LogP contribution is 2.24. The Bertz CT molecular complexity index is 151. The minimum absolute atomic E-state index is 0.892. The van der Waals surface area contributed by atoms with Crippen molar-refractivity contribution in [3.05, 3.63) is 0 Å². The van der Waals surface area contributed by atoms with Gasteiger partial charge in [0, 0.05) is 19.5 Å². The summed E-state index contributed by atoms with van der Waals surface area (Å²) >= 11 is 0. The third kappa shape index (κ3) is 3.28. The molecule has 0 aromatic rings. The predicted octanol–water partition coefficient (Wildman–Crippen LogP) is 2.13. The summed E-state index contributed by atoms with van der Waals surface area (Å²) in [4.78, 5) is 2.37. The Labute approximate surface area is 76.1 Å². The topological polar surface area (TPSA) is 3.24 Å². The molecule has 1 fully saturated rings. The largest absolute Gasteiger partial charge is 0.305 e. The van der Waals surface area contributed by atoms with Gasteiger partial charge < -0.3 is 4.90 Å². The quantitative estimate of drug-likeness (QED) is 0.577. The van der Waals surface area contributed by atoms with Crippen molar-refractivity contribution in [3.8, 4) is 12.3 Å². The minimum atomic E-state index is 0.892. The lowest BCUT2D eigenvalue weighted by Crippen LogP contribution is -2.25. The molecule has 0 heterocycles. The number of terminal acetylenes is 1. The van der Waals surface area contributed by atoms with E-state index in [1.54, 1.807) is 0 Å². The molecule has 0 aromatic heterocycles. The second kappa shape index (κ2) is 5.22. The van der Waals surface area contributed by atoms with E-state index in [4.69, 9.17) is 6.42 Å². The Kier molecular flexibility index (Phi) is 4.18. The van der Waals surface area contributed by atoms with Gasteiger partial charge >= 0.3 is 0 Å². The first kappa shape index (κ1) is 9.61. The van der Waals surface area contributed by atoms with Crippen molar-refractivity contribution in [2.24, 2.45) is 5.92 Å². The summed E-state index contributed by atoms with van der Waals surface area (Å²) in [5.74, 6) is 3.63. The number of nitrogens with zero attached hydrogens (tertiary/aromatic N) is 1. The van der Waals surface area contributed by atoms with Crippen molar-refractivity contribution >= 4 is 0 Å². The Morgan fingerprint density at radius 1 is 1.42 bits per heavy atom. The van der Waals surface area contributed by atoms with Gasteiger partial charge in [-0.3, -0.25) is 0 Å². The fourth-order valence-electron chi connectivity index (χ4n) is 1.98. The molecule has 0 amide bonds. The first-order valence-corrected chi connectivity index (χ1v) is 4.95. The van der Waals surface area contributed by atoms with E-state index in [1.165, 1.54) is 32.2 Å². The van der Waals surface area contributed by atoms with E-state index in [9.17, 15) is 0 Å². The van der Waals surface area contributed by atoms with Crippen molar-refractivity contribution in [1.29, 1.82) is 0 Å². The second-order valence-corrected chi connectivity index (χ2v) is 3.87. The molecule has 1 saturated carbocycles. The fourth-order valence-corrected chi connectivity index (χ4v) is 1.98. The van der Waals surface area contributed by atoms with Crippen LogP contribution in [0.2, 0.25) is 0 Å². The molecule has 0 spiro atoms. The molecule has 12 heavy (non-hydrogen) atoms. The molecule has 0 aromatic carbocycles. The molecule has 1 heteroatoms. The molecule has 0 radical (unpaired) electrons. The maximum Gasteiger partial charge on any atom is 0.0214 e. The Balaban J connectivity index is 2.08. The third-order valence-corrected chi connectivity index (χ3v) is 2.68. The first-order valence-electron chi connectivity index (χ1n) is 4.95. The van der Waals surface area contributed by atoms with Crippen LogP contribution >= 0.6 is 0 Å². The van der Waals surface area contributed by atoms with Crippen molar-refractivity contribution in [1.82, 2.24) is 4.90 Å². The van der Waals surface area contributed by atoms with Crippen LogP contribution < -0.4 is 0 Å². The van der Waals surface area contributed by atoms with E-state index in [1.807, 2.05) is 0 Å². The zero-order chi connectivity index (χ0) is 8.81. The SMILES string of the molecule is C#CCCN(C)CC1CCCC1. The highest BCUT2D eigenvalue weighted by molar-refractivity contribution is 4.84. The summed E-state index contributed by atoms with van der Waals surface area (Å²) in [5, 5.41) is 0. The van der Waals surface area contributed by atoms with Crippen molar-refractivity contribution in [2.45, 2.75) is 32.1 Å². The average Bonchev–Trinajstić information content (AvgIpc) is 2.53. The van der Waals surface area contributed by atoms with E-state index in [-0.39, 0.29) is 0 Å². The van der Waals surface area contributed by atoms with Crippen molar-refractivity contribution < 1.29 is 0 Å². The Morgan fingerprint density at radius 2 is 2.08 bits per heavy atom. The molecule has 0 bridgehead atoms. The van der Waals surface area contributed by atoms with E-state index >= 15 is 0 Å². The predicted molar refractivity (Wildman–Crippen MR) is 52.9 cm³/mol. The monoisotopic (exact) mass is 165 g/mol. The molecular formula is C11H19N. The summed E-state index contributed by atoms with van der Waals surface area (Å²) in [6.07, 6.45) is 11.8. The summed E-state index contributed by atoms with van der Waals surface area (Å²) in [6.45, 7) is 2.31. The van der Waals surface area contributed by atoms with Gasteiger partial charge in [-0.25, -0.2) is 0 Å². The van der Waals surface area contributed by atoms with Gasteiger partial charge in [-0.1, -0.05) is 12.8 Å². The molecule has 0 aliphatic heterocycles. The van der Waals surface area contributed by atoms with Crippen LogP contribution in [-0.2, 0) is 0 Å². The van der Waals surface area contributed by atoms with Crippen LogP contribution in [0.1, 0.15) is 32.1 Å². The summed E-state index contributed by atoms with van der Waals surface area (Å²) in [7, 11) is 2.18. The molecule has 1 nitrogen and oxygen atoms in total. The van der Waals surface area contributed by atoms with Gasteiger partial charge in [0.25, 0.3) is 0 Å². The number of rotatable bonds is 4. The lowest BCUT2D eigenvalue weighted by atomic mass is 10.1. The Morgan fingerprint density at radius 3 is 2.67 bits per heavy atom. The molecule has 1 rings (SSSR count). The molecule has 0 N–H and O–H groups in total. The maximum absolute atomic E-state index is 5.21. The zero-order valence-corrected chi connectivity index (χ0v) is 8.05. The highest BCUT2D eigenvalue weighted by Gasteiger charge is 2.15. The average molecular weight is 165 g/mol. The van der Waals surface area contributed by atoms with Gasteiger partial charge in [0.2, 0.25) is 0 Å². The van der Waals surface area contributed by atoms with Gasteiger partial charge in [-0.15, -0.1) is 12.3 Å². The Hall–Kier alpha value is -0.480. The van der Waals surface area contributed by atoms with Gasteiger partial charge in [0.05, 0.1) is 0 Å². The smallest absolute Gasteiger partial charge is 0.0214 e. The van der Waals surface area contributed by atoms with Crippen LogP contribution in [0.3, 0.4) is 0 Å². The number of hydrogen-bond donors (Lipinski definition) is 0. The highest BCUT2D eigenvalue weighted by atomic mass is 15.1. The van der Waals surface area contributed by atoms with E-state index in [0.717, 1.165) is 18.9 Å². The molecule has 1 aliphatic carbocycles. The molecular weight excluding hydrogens is 146 g/mol. The standard InChI is InChI=1S/C11H19N/c1-3-4-9-12(2)10-11-7-5-6-8-11/h1,11H,4-10H2,2H3. The van der Waals surface area contributed by atoms with E-state index in [2.05, 4.69) is 17.9 Å². The lowest BCUT2D eigenvalue weighted by molar-refractivity contribution is 0.284. The minimum Gasteiger partial charge on any atom is -0.305 e. The first-order chi connectivity index (χ1) is 5.83. The second-order valence-electron chi connectivity index (χ2n) is 3.87. The molecule has 0 unspecified atom stereocenters. The molecule has 0 saturated heterocycles.